The third kappa shape index (κ3) is 7.48. The first-order chi connectivity index (χ1) is 14.4. The van der Waals surface area contributed by atoms with Crippen molar-refractivity contribution in [1.29, 1.82) is 0 Å². The molecule has 0 aromatic heterocycles. The molecule has 0 aliphatic heterocycles. The van der Waals surface area contributed by atoms with Crippen LogP contribution in [0, 0.1) is 12.7 Å². The van der Waals surface area contributed by atoms with Crippen molar-refractivity contribution in [2.45, 2.75) is 52.0 Å². The van der Waals surface area contributed by atoms with Gasteiger partial charge in [0.05, 0.1) is 5.75 Å². The van der Waals surface area contributed by atoms with Gasteiger partial charge in [-0.05, 0) is 31.9 Å². The molecule has 2 amide bonds. The van der Waals surface area contributed by atoms with Crippen LogP contribution in [-0.2, 0) is 21.9 Å². The summed E-state index contributed by atoms with van der Waals surface area (Å²) in [6.07, 6.45) is 1.86. The number of nitrogens with zero attached hydrogens (tertiary/aromatic N) is 1. The largest absolute Gasteiger partial charge is 0.354 e. The number of carbonyl (C=O) groups is 2. The average molecular weight is 431 g/mol. The molecule has 0 saturated heterocycles. The van der Waals surface area contributed by atoms with E-state index in [0.717, 1.165) is 18.4 Å². The minimum atomic E-state index is -0.672. The first kappa shape index (κ1) is 23.9. The zero-order valence-corrected chi connectivity index (χ0v) is 18.8. The summed E-state index contributed by atoms with van der Waals surface area (Å²) in [5.74, 6) is 0.178. The van der Waals surface area contributed by atoms with Crippen molar-refractivity contribution in [3.8, 4) is 0 Å². The fraction of sp³-hybridized carbons (Fsp3) is 0.417. The van der Waals surface area contributed by atoms with Crippen molar-refractivity contribution in [3.05, 3.63) is 71.0 Å². The quantitative estimate of drug-likeness (QED) is 0.526. The standard InChI is InChI=1S/C24H31FN2O2S/c1-4-5-14-26-24(29)19(3)27(15-21-8-6-7-9-22(21)25)23(28)17-30-16-20-12-10-18(2)11-13-20/h6-13,19H,4-5,14-17H2,1-3H3,(H,26,29). The molecule has 6 heteroatoms. The van der Waals surface area contributed by atoms with E-state index in [9.17, 15) is 14.0 Å². The van der Waals surface area contributed by atoms with Gasteiger partial charge in [-0.2, -0.15) is 0 Å². The number of nitrogens with one attached hydrogen (secondary N) is 1. The molecular weight excluding hydrogens is 399 g/mol. The molecule has 162 valence electrons. The molecule has 1 unspecified atom stereocenters. The molecule has 0 bridgehead atoms. The fourth-order valence-electron chi connectivity index (χ4n) is 2.95. The number of amides is 2. The summed E-state index contributed by atoms with van der Waals surface area (Å²) in [6, 6.07) is 13.9. The van der Waals surface area contributed by atoms with E-state index < -0.39 is 6.04 Å². The van der Waals surface area contributed by atoms with Crippen LogP contribution in [0.25, 0.3) is 0 Å². The highest BCUT2D eigenvalue weighted by molar-refractivity contribution is 7.99. The highest BCUT2D eigenvalue weighted by atomic mass is 32.2. The number of thioether (sulfide) groups is 1. The molecule has 2 aromatic rings. The van der Waals surface area contributed by atoms with Gasteiger partial charge in [-0.15, -0.1) is 11.8 Å². The van der Waals surface area contributed by atoms with Gasteiger partial charge in [-0.25, -0.2) is 4.39 Å². The van der Waals surface area contributed by atoms with Gasteiger partial charge in [0.25, 0.3) is 0 Å². The van der Waals surface area contributed by atoms with Crippen LogP contribution in [0.15, 0.2) is 48.5 Å². The maximum absolute atomic E-state index is 14.2. The Bertz CT molecular complexity index is 826. The van der Waals surface area contributed by atoms with Gasteiger partial charge in [0.2, 0.25) is 11.8 Å². The number of hydrogen-bond acceptors (Lipinski definition) is 3. The van der Waals surface area contributed by atoms with Crippen LogP contribution in [0.2, 0.25) is 0 Å². The maximum Gasteiger partial charge on any atom is 0.242 e. The van der Waals surface area contributed by atoms with E-state index in [0.29, 0.717) is 17.9 Å². The number of carbonyl (C=O) groups excluding carboxylic acids is 2. The van der Waals surface area contributed by atoms with Gasteiger partial charge < -0.3 is 10.2 Å². The zero-order valence-electron chi connectivity index (χ0n) is 18.0. The molecule has 0 heterocycles. The highest BCUT2D eigenvalue weighted by Gasteiger charge is 2.26. The third-order valence-corrected chi connectivity index (χ3v) is 5.90. The normalized spacial score (nSPS) is 11.7. The van der Waals surface area contributed by atoms with Crippen LogP contribution in [-0.4, -0.2) is 35.1 Å². The second-order valence-corrected chi connectivity index (χ2v) is 8.40. The predicted octanol–water partition coefficient (Wildman–Crippen LogP) is 4.70. The van der Waals surface area contributed by atoms with E-state index in [1.54, 1.807) is 25.1 Å². The first-order valence-electron chi connectivity index (χ1n) is 10.4. The van der Waals surface area contributed by atoms with Crippen molar-refractivity contribution in [1.82, 2.24) is 10.2 Å². The zero-order chi connectivity index (χ0) is 21.9. The Hall–Kier alpha value is -2.34. The van der Waals surface area contributed by atoms with Gasteiger partial charge >= 0.3 is 0 Å². The number of unbranched alkanes of at least 4 members (excludes halogenated alkanes) is 1. The number of aryl methyl sites for hydroxylation is 1. The van der Waals surface area contributed by atoms with Crippen LogP contribution in [0.3, 0.4) is 0 Å². The van der Waals surface area contributed by atoms with E-state index in [1.807, 2.05) is 31.2 Å². The Labute approximate surface area is 183 Å². The Morgan fingerprint density at radius 3 is 2.50 bits per heavy atom. The maximum atomic E-state index is 14.2. The molecular formula is C24H31FN2O2S. The summed E-state index contributed by atoms with van der Waals surface area (Å²) < 4.78 is 14.2. The molecule has 0 radical (unpaired) electrons. The van der Waals surface area contributed by atoms with E-state index in [-0.39, 0.29) is 29.9 Å². The first-order valence-corrected chi connectivity index (χ1v) is 11.5. The lowest BCUT2D eigenvalue weighted by Gasteiger charge is -2.29. The topological polar surface area (TPSA) is 49.4 Å². The summed E-state index contributed by atoms with van der Waals surface area (Å²) in [5.41, 5.74) is 2.74. The van der Waals surface area contributed by atoms with Crippen molar-refractivity contribution >= 4 is 23.6 Å². The second-order valence-electron chi connectivity index (χ2n) is 7.41. The lowest BCUT2D eigenvalue weighted by atomic mass is 10.1. The molecule has 1 N–H and O–H groups in total. The summed E-state index contributed by atoms with van der Waals surface area (Å²) in [6.45, 7) is 6.43. The lowest BCUT2D eigenvalue weighted by molar-refractivity contribution is -0.138. The molecule has 0 aliphatic carbocycles. The van der Waals surface area contributed by atoms with Crippen molar-refractivity contribution in [2.24, 2.45) is 0 Å². The summed E-state index contributed by atoms with van der Waals surface area (Å²) in [5, 5.41) is 2.87. The van der Waals surface area contributed by atoms with Gasteiger partial charge in [0.1, 0.15) is 11.9 Å². The van der Waals surface area contributed by atoms with Crippen LogP contribution >= 0.6 is 11.8 Å². The van der Waals surface area contributed by atoms with Gasteiger partial charge in [0, 0.05) is 24.4 Å². The molecule has 2 rings (SSSR count). The van der Waals surface area contributed by atoms with Crippen molar-refractivity contribution in [2.75, 3.05) is 12.3 Å². The van der Waals surface area contributed by atoms with Crippen LogP contribution in [0.5, 0.6) is 0 Å². The number of hydrogen-bond donors (Lipinski definition) is 1. The molecule has 1 atom stereocenters. The Kier molecular flexibility index (Phi) is 9.87. The average Bonchev–Trinajstić information content (AvgIpc) is 2.74. The smallest absolute Gasteiger partial charge is 0.242 e. The van der Waals surface area contributed by atoms with Crippen molar-refractivity contribution in [3.63, 3.8) is 0 Å². The van der Waals surface area contributed by atoms with E-state index >= 15 is 0 Å². The third-order valence-electron chi connectivity index (χ3n) is 4.91. The minimum Gasteiger partial charge on any atom is -0.354 e. The fourth-order valence-corrected chi connectivity index (χ4v) is 3.82. The van der Waals surface area contributed by atoms with Crippen molar-refractivity contribution < 1.29 is 14.0 Å². The molecule has 0 saturated carbocycles. The SMILES string of the molecule is CCCCNC(=O)C(C)N(Cc1ccccc1F)C(=O)CSCc1ccc(C)cc1. The van der Waals surface area contributed by atoms with Gasteiger partial charge in [0.15, 0.2) is 0 Å². The molecule has 4 nitrogen and oxygen atoms in total. The molecule has 0 fully saturated rings. The lowest BCUT2D eigenvalue weighted by Crippen LogP contribution is -2.48. The highest BCUT2D eigenvalue weighted by Crippen LogP contribution is 2.17. The van der Waals surface area contributed by atoms with E-state index in [4.69, 9.17) is 0 Å². The number of halogens is 1. The molecule has 0 aliphatic rings. The summed E-state index contributed by atoms with van der Waals surface area (Å²) >= 11 is 1.50. The Balaban J connectivity index is 2.04. The number of rotatable bonds is 11. The molecule has 0 spiro atoms. The molecule has 30 heavy (non-hydrogen) atoms. The van der Waals surface area contributed by atoms with Crippen LogP contribution in [0.4, 0.5) is 4.39 Å². The van der Waals surface area contributed by atoms with Gasteiger partial charge in [-0.1, -0.05) is 61.4 Å². The summed E-state index contributed by atoms with van der Waals surface area (Å²) in [4.78, 5) is 27.0. The van der Waals surface area contributed by atoms with Crippen LogP contribution < -0.4 is 5.32 Å². The Morgan fingerprint density at radius 2 is 1.83 bits per heavy atom. The van der Waals surface area contributed by atoms with E-state index in [1.165, 1.54) is 28.3 Å². The van der Waals surface area contributed by atoms with Crippen LogP contribution in [0.1, 0.15) is 43.4 Å². The Morgan fingerprint density at radius 1 is 1.13 bits per heavy atom. The van der Waals surface area contributed by atoms with Gasteiger partial charge in [-0.3, -0.25) is 9.59 Å². The molecule has 2 aromatic carbocycles. The minimum absolute atomic E-state index is 0.0684. The monoisotopic (exact) mass is 430 g/mol. The summed E-state index contributed by atoms with van der Waals surface area (Å²) in [7, 11) is 0. The number of benzene rings is 2. The predicted molar refractivity (Wildman–Crippen MR) is 122 cm³/mol. The second kappa shape index (κ2) is 12.4. The van der Waals surface area contributed by atoms with E-state index in [2.05, 4.69) is 12.2 Å².